The number of halogens is 1. The normalized spacial score (nSPS) is 18.5. The molecule has 0 radical (unpaired) electrons. The highest BCUT2D eigenvalue weighted by atomic mass is 35.5. The Morgan fingerprint density at radius 3 is 2.74 bits per heavy atom. The van der Waals surface area contributed by atoms with Crippen LogP contribution in [0.2, 0.25) is 5.02 Å². The van der Waals surface area contributed by atoms with E-state index in [1.54, 1.807) is 0 Å². The Labute approximate surface area is 144 Å². The van der Waals surface area contributed by atoms with Gasteiger partial charge in [-0.3, -0.25) is 0 Å². The van der Waals surface area contributed by atoms with Gasteiger partial charge in [-0.05, 0) is 38.1 Å². The van der Waals surface area contributed by atoms with E-state index in [4.69, 9.17) is 11.6 Å². The van der Waals surface area contributed by atoms with Gasteiger partial charge in [0.2, 0.25) is 0 Å². The van der Waals surface area contributed by atoms with E-state index in [1.165, 1.54) is 0 Å². The van der Waals surface area contributed by atoms with Crippen LogP contribution < -0.4 is 5.32 Å². The van der Waals surface area contributed by atoms with Gasteiger partial charge in [0, 0.05) is 36.6 Å². The number of rotatable bonds is 5. The third-order valence-electron chi connectivity index (χ3n) is 4.48. The van der Waals surface area contributed by atoms with Gasteiger partial charge in [0.05, 0.1) is 0 Å². The zero-order valence-corrected chi connectivity index (χ0v) is 15.4. The molecule has 2 amide bonds. The smallest absolute Gasteiger partial charge is 0.317 e. The van der Waals surface area contributed by atoms with E-state index in [-0.39, 0.29) is 11.4 Å². The van der Waals surface area contributed by atoms with Crippen LogP contribution in [0.25, 0.3) is 0 Å². The maximum atomic E-state index is 12.4. The first-order chi connectivity index (χ1) is 10.8. The highest BCUT2D eigenvalue weighted by Gasteiger charge is 2.29. The second-order valence-electron chi connectivity index (χ2n) is 7.39. The maximum Gasteiger partial charge on any atom is 0.317 e. The summed E-state index contributed by atoms with van der Waals surface area (Å²) in [5, 5.41) is 3.83. The third-order valence-corrected chi connectivity index (χ3v) is 4.81. The number of benzene rings is 1. The number of nitrogens with zero attached hydrogens (tertiary/aromatic N) is 2. The number of hydrogen-bond acceptors (Lipinski definition) is 2. The van der Waals surface area contributed by atoms with Crippen molar-refractivity contribution < 1.29 is 4.79 Å². The summed E-state index contributed by atoms with van der Waals surface area (Å²) < 4.78 is 0. The summed E-state index contributed by atoms with van der Waals surface area (Å²) >= 11 is 6.29. The molecule has 4 nitrogen and oxygen atoms in total. The molecule has 1 fully saturated rings. The SMILES string of the molecule is CN(C)CC1CCN(C(=O)NCC(C)(C)c2ccccc2Cl)C1. The van der Waals surface area contributed by atoms with Crippen molar-refractivity contribution in [2.24, 2.45) is 5.92 Å². The van der Waals surface area contributed by atoms with Crippen LogP contribution in [-0.2, 0) is 5.41 Å². The summed E-state index contributed by atoms with van der Waals surface area (Å²) in [4.78, 5) is 16.5. The Balaban J connectivity index is 1.88. The topological polar surface area (TPSA) is 35.6 Å². The molecule has 1 aliphatic rings. The van der Waals surface area contributed by atoms with E-state index < -0.39 is 0 Å². The van der Waals surface area contributed by atoms with Crippen molar-refractivity contribution in [3.8, 4) is 0 Å². The first kappa shape index (κ1) is 18.1. The van der Waals surface area contributed by atoms with Crippen LogP contribution in [0.3, 0.4) is 0 Å². The van der Waals surface area contributed by atoms with E-state index in [0.717, 1.165) is 36.6 Å². The molecule has 0 saturated carbocycles. The fourth-order valence-corrected chi connectivity index (χ4v) is 3.59. The van der Waals surface area contributed by atoms with E-state index in [1.807, 2.05) is 29.2 Å². The maximum absolute atomic E-state index is 12.4. The van der Waals surface area contributed by atoms with E-state index >= 15 is 0 Å². The van der Waals surface area contributed by atoms with E-state index in [0.29, 0.717) is 12.5 Å². The zero-order valence-electron chi connectivity index (χ0n) is 14.6. The van der Waals surface area contributed by atoms with Crippen LogP contribution in [0.1, 0.15) is 25.8 Å². The average Bonchev–Trinajstić information content (AvgIpc) is 2.93. The molecule has 1 atom stereocenters. The first-order valence-electron chi connectivity index (χ1n) is 8.22. The third kappa shape index (κ3) is 4.85. The van der Waals surface area contributed by atoms with Crippen LogP contribution in [0.5, 0.6) is 0 Å². The highest BCUT2D eigenvalue weighted by molar-refractivity contribution is 6.31. The van der Waals surface area contributed by atoms with Crippen LogP contribution in [0.4, 0.5) is 4.79 Å². The molecule has 2 rings (SSSR count). The van der Waals surface area contributed by atoms with Crippen molar-refractivity contribution in [2.45, 2.75) is 25.7 Å². The van der Waals surface area contributed by atoms with Gasteiger partial charge >= 0.3 is 6.03 Å². The summed E-state index contributed by atoms with van der Waals surface area (Å²) in [6.07, 6.45) is 1.08. The molecule has 23 heavy (non-hydrogen) atoms. The van der Waals surface area contributed by atoms with Crippen molar-refractivity contribution in [3.05, 3.63) is 34.9 Å². The van der Waals surface area contributed by atoms with Gasteiger partial charge in [-0.25, -0.2) is 4.79 Å². The van der Waals surface area contributed by atoms with Crippen LogP contribution in [-0.4, -0.2) is 56.1 Å². The lowest BCUT2D eigenvalue weighted by molar-refractivity contribution is 0.203. The van der Waals surface area contributed by atoms with Gasteiger partial charge < -0.3 is 15.1 Å². The van der Waals surface area contributed by atoms with Crippen molar-refractivity contribution in [3.63, 3.8) is 0 Å². The van der Waals surface area contributed by atoms with Crippen molar-refractivity contribution in [2.75, 3.05) is 40.3 Å². The van der Waals surface area contributed by atoms with Gasteiger partial charge in [-0.2, -0.15) is 0 Å². The second-order valence-corrected chi connectivity index (χ2v) is 7.79. The number of urea groups is 1. The monoisotopic (exact) mass is 337 g/mol. The minimum atomic E-state index is -0.198. The van der Waals surface area contributed by atoms with Crippen molar-refractivity contribution in [1.82, 2.24) is 15.1 Å². The molecule has 1 saturated heterocycles. The molecule has 1 heterocycles. The molecule has 128 valence electrons. The molecular formula is C18H28ClN3O. The number of nitrogens with one attached hydrogen (secondary N) is 1. The molecule has 1 aromatic rings. The molecule has 0 spiro atoms. The summed E-state index contributed by atoms with van der Waals surface area (Å²) in [7, 11) is 4.16. The fourth-order valence-electron chi connectivity index (χ4n) is 3.20. The number of hydrogen-bond donors (Lipinski definition) is 1. The average molecular weight is 338 g/mol. The largest absolute Gasteiger partial charge is 0.337 e. The Morgan fingerprint density at radius 1 is 1.39 bits per heavy atom. The van der Waals surface area contributed by atoms with Gasteiger partial charge in [-0.15, -0.1) is 0 Å². The lowest BCUT2D eigenvalue weighted by atomic mass is 9.84. The second kappa shape index (κ2) is 7.54. The van der Waals surface area contributed by atoms with Crippen molar-refractivity contribution >= 4 is 17.6 Å². The van der Waals surface area contributed by atoms with Crippen LogP contribution in [0, 0.1) is 5.92 Å². The number of likely N-dealkylation sites (tertiary alicyclic amines) is 1. The molecule has 1 aliphatic heterocycles. The number of amides is 2. The summed E-state index contributed by atoms with van der Waals surface area (Å²) in [5.41, 5.74) is 0.866. The number of carbonyl (C=O) groups excluding carboxylic acids is 1. The zero-order chi connectivity index (χ0) is 17.0. The lowest BCUT2D eigenvalue weighted by Gasteiger charge is -2.28. The summed E-state index contributed by atoms with van der Waals surface area (Å²) in [6.45, 7) is 7.51. The molecule has 0 aromatic heterocycles. The van der Waals surface area contributed by atoms with Crippen LogP contribution in [0.15, 0.2) is 24.3 Å². The molecule has 0 aliphatic carbocycles. The predicted octanol–water partition coefficient (Wildman–Crippen LogP) is 3.21. The standard InChI is InChI=1S/C18H28ClN3O/c1-18(2,15-7-5-6-8-16(15)19)13-20-17(23)22-10-9-14(12-22)11-21(3)4/h5-8,14H,9-13H2,1-4H3,(H,20,23). The summed E-state index contributed by atoms with van der Waals surface area (Å²) in [5.74, 6) is 0.576. The highest BCUT2D eigenvalue weighted by Crippen LogP contribution is 2.29. The Kier molecular flexibility index (Phi) is 5.93. The predicted molar refractivity (Wildman–Crippen MR) is 96.1 cm³/mol. The van der Waals surface area contributed by atoms with Gasteiger partial charge in [0.25, 0.3) is 0 Å². The van der Waals surface area contributed by atoms with Crippen LogP contribution >= 0.6 is 11.6 Å². The van der Waals surface area contributed by atoms with E-state index in [2.05, 4.69) is 38.2 Å². The summed E-state index contributed by atoms with van der Waals surface area (Å²) in [6, 6.07) is 7.86. The van der Waals surface area contributed by atoms with Gasteiger partial charge in [0.15, 0.2) is 0 Å². The Hall–Kier alpha value is -1.26. The van der Waals surface area contributed by atoms with E-state index in [9.17, 15) is 4.79 Å². The lowest BCUT2D eigenvalue weighted by Crippen LogP contribution is -2.44. The molecule has 1 aromatic carbocycles. The van der Waals surface area contributed by atoms with Gasteiger partial charge in [-0.1, -0.05) is 43.6 Å². The molecule has 0 bridgehead atoms. The number of carbonyl (C=O) groups is 1. The van der Waals surface area contributed by atoms with Crippen molar-refractivity contribution in [1.29, 1.82) is 0 Å². The molecule has 1 N–H and O–H groups in total. The Morgan fingerprint density at radius 2 is 2.09 bits per heavy atom. The van der Waals surface area contributed by atoms with Gasteiger partial charge in [0.1, 0.15) is 0 Å². The first-order valence-corrected chi connectivity index (χ1v) is 8.60. The molecule has 5 heteroatoms. The molecular weight excluding hydrogens is 310 g/mol. The quantitative estimate of drug-likeness (QED) is 0.895. The molecule has 1 unspecified atom stereocenters. The minimum Gasteiger partial charge on any atom is -0.337 e. The Bertz CT molecular complexity index is 545. The minimum absolute atomic E-state index is 0.0337. The fraction of sp³-hybridized carbons (Fsp3) is 0.611.